The van der Waals surface area contributed by atoms with E-state index in [2.05, 4.69) is 6.92 Å². The standard InChI is InChI=1S/C18H28O2/c1-4-14-8-5-6-11-17(14)18(19)15-9-7-10-16(12-15)20-13(2)3/h7,9-10,12-14,17-19H,4-6,8,11H2,1-3H3. The van der Waals surface area contributed by atoms with Crippen LogP contribution >= 0.6 is 0 Å². The fraction of sp³-hybridized carbons (Fsp3) is 0.667. The number of rotatable bonds is 5. The third-order valence-corrected chi connectivity index (χ3v) is 4.47. The molecule has 1 fully saturated rings. The highest BCUT2D eigenvalue weighted by Crippen LogP contribution is 2.40. The van der Waals surface area contributed by atoms with Gasteiger partial charge in [0.25, 0.3) is 0 Å². The van der Waals surface area contributed by atoms with E-state index in [4.69, 9.17) is 4.74 Å². The van der Waals surface area contributed by atoms with Gasteiger partial charge in [-0.2, -0.15) is 0 Å². The molecule has 1 aliphatic carbocycles. The summed E-state index contributed by atoms with van der Waals surface area (Å²) in [7, 11) is 0. The van der Waals surface area contributed by atoms with Crippen molar-refractivity contribution in [1.29, 1.82) is 0 Å². The van der Waals surface area contributed by atoms with Crippen molar-refractivity contribution in [3.63, 3.8) is 0 Å². The van der Waals surface area contributed by atoms with E-state index in [1.54, 1.807) is 0 Å². The van der Waals surface area contributed by atoms with Crippen LogP contribution in [0.4, 0.5) is 0 Å². The number of aliphatic hydroxyl groups is 1. The first-order valence-electron chi connectivity index (χ1n) is 8.06. The lowest BCUT2D eigenvalue weighted by Gasteiger charge is -2.34. The molecule has 3 unspecified atom stereocenters. The van der Waals surface area contributed by atoms with Gasteiger partial charge in [-0.15, -0.1) is 0 Å². The summed E-state index contributed by atoms with van der Waals surface area (Å²) in [5.74, 6) is 1.93. The second kappa shape index (κ2) is 7.12. The smallest absolute Gasteiger partial charge is 0.120 e. The summed E-state index contributed by atoms with van der Waals surface area (Å²) in [4.78, 5) is 0. The molecule has 0 saturated heterocycles. The Labute approximate surface area is 123 Å². The van der Waals surface area contributed by atoms with Gasteiger partial charge in [0.05, 0.1) is 12.2 Å². The highest BCUT2D eigenvalue weighted by molar-refractivity contribution is 5.30. The van der Waals surface area contributed by atoms with Crippen LogP contribution in [-0.4, -0.2) is 11.2 Å². The van der Waals surface area contributed by atoms with E-state index in [1.165, 1.54) is 25.7 Å². The van der Waals surface area contributed by atoms with Crippen LogP contribution in [0.2, 0.25) is 0 Å². The lowest BCUT2D eigenvalue weighted by molar-refractivity contribution is 0.0449. The van der Waals surface area contributed by atoms with E-state index >= 15 is 0 Å². The third kappa shape index (κ3) is 3.76. The van der Waals surface area contributed by atoms with Gasteiger partial charge in [0, 0.05) is 0 Å². The highest BCUT2D eigenvalue weighted by atomic mass is 16.5. The van der Waals surface area contributed by atoms with E-state index in [0.717, 1.165) is 17.7 Å². The molecule has 20 heavy (non-hydrogen) atoms. The first-order chi connectivity index (χ1) is 9.61. The summed E-state index contributed by atoms with van der Waals surface area (Å²) in [6, 6.07) is 7.99. The predicted octanol–water partition coefficient (Wildman–Crippen LogP) is 4.72. The van der Waals surface area contributed by atoms with E-state index in [-0.39, 0.29) is 12.2 Å². The molecule has 0 aliphatic heterocycles. The van der Waals surface area contributed by atoms with Crippen molar-refractivity contribution in [3.8, 4) is 5.75 Å². The quantitative estimate of drug-likeness (QED) is 0.843. The normalized spacial score (nSPS) is 24.6. The van der Waals surface area contributed by atoms with E-state index in [9.17, 15) is 5.11 Å². The Morgan fingerprint density at radius 1 is 1.25 bits per heavy atom. The zero-order chi connectivity index (χ0) is 14.5. The predicted molar refractivity (Wildman–Crippen MR) is 82.9 cm³/mol. The van der Waals surface area contributed by atoms with Crippen LogP contribution in [0.25, 0.3) is 0 Å². The molecular weight excluding hydrogens is 248 g/mol. The first-order valence-corrected chi connectivity index (χ1v) is 8.06. The summed E-state index contributed by atoms with van der Waals surface area (Å²) < 4.78 is 5.73. The van der Waals surface area contributed by atoms with Crippen molar-refractivity contribution in [2.24, 2.45) is 11.8 Å². The Bertz CT molecular complexity index is 414. The SMILES string of the molecule is CCC1CCCCC1C(O)c1cccc(OC(C)C)c1. The minimum absolute atomic E-state index is 0.167. The molecule has 1 saturated carbocycles. The van der Waals surface area contributed by atoms with Crippen molar-refractivity contribution < 1.29 is 9.84 Å². The molecule has 0 bridgehead atoms. The summed E-state index contributed by atoms with van der Waals surface area (Å²) in [6.07, 6.45) is 5.97. The molecule has 3 atom stereocenters. The lowest BCUT2D eigenvalue weighted by Crippen LogP contribution is -2.25. The number of hydrogen-bond acceptors (Lipinski definition) is 2. The van der Waals surface area contributed by atoms with Crippen molar-refractivity contribution in [2.75, 3.05) is 0 Å². The summed E-state index contributed by atoms with van der Waals surface area (Å²) in [6.45, 7) is 6.29. The minimum Gasteiger partial charge on any atom is -0.491 e. The maximum atomic E-state index is 10.7. The van der Waals surface area contributed by atoms with Gasteiger partial charge < -0.3 is 9.84 Å². The van der Waals surface area contributed by atoms with Gasteiger partial charge in [0.15, 0.2) is 0 Å². The Morgan fingerprint density at radius 2 is 2.00 bits per heavy atom. The van der Waals surface area contributed by atoms with Crippen LogP contribution in [0.5, 0.6) is 5.75 Å². The summed E-state index contributed by atoms with van der Waals surface area (Å²) in [5.41, 5.74) is 1.01. The van der Waals surface area contributed by atoms with Gasteiger partial charge >= 0.3 is 0 Å². The third-order valence-electron chi connectivity index (χ3n) is 4.47. The Kier molecular flexibility index (Phi) is 5.47. The zero-order valence-corrected chi connectivity index (χ0v) is 13.0. The molecule has 1 aromatic carbocycles. The van der Waals surface area contributed by atoms with Crippen LogP contribution < -0.4 is 4.74 Å². The van der Waals surface area contributed by atoms with Crippen LogP contribution in [0, 0.1) is 11.8 Å². The molecule has 112 valence electrons. The maximum absolute atomic E-state index is 10.7. The van der Waals surface area contributed by atoms with Crippen molar-refractivity contribution in [1.82, 2.24) is 0 Å². The molecule has 2 heteroatoms. The average molecular weight is 276 g/mol. The fourth-order valence-electron chi connectivity index (χ4n) is 3.45. The number of aliphatic hydroxyl groups excluding tert-OH is 1. The van der Waals surface area contributed by atoms with Gasteiger partial charge in [-0.05, 0) is 49.8 Å². The second-order valence-electron chi connectivity index (χ2n) is 6.30. The van der Waals surface area contributed by atoms with E-state index < -0.39 is 0 Å². The highest BCUT2D eigenvalue weighted by Gasteiger charge is 2.30. The summed E-state index contributed by atoms with van der Waals surface area (Å²) in [5, 5.41) is 10.7. The van der Waals surface area contributed by atoms with Crippen molar-refractivity contribution in [3.05, 3.63) is 29.8 Å². The van der Waals surface area contributed by atoms with Crippen molar-refractivity contribution >= 4 is 0 Å². The van der Waals surface area contributed by atoms with E-state index in [1.807, 2.05) is 38.1 Å². The Balaban J connectivity index is 2.12. The zero-order valence-electron chi connectivity index (χ0n) is 13.0. The monoisotopic (exact) mass is 276 g/mol. The first kappa shape index (κ1) is 15.4. The Morgan fingerprint density at radius 3 is 2.70 bits per heavy atom. The van der Waals surface area contributed by atoms with Crippen LogP contribution in [-0.2, 0) is 0 Å². The number of hydrogen-bond donors (Lipinski definition) is 1. The van der Waals surface area contributed by atoms with Crippen LogP contribution in [0.1, 0.15) is 64.5 Å². The van der Waals surface area contributed by atoms with E-state index in [0.29, 0.717) is 11.8 Å². The number of ether oxygens (including phenoxy) is 1. The molecule has 0 heterocycles. The van der Waals surface area contributed by atoms with Crippen LogP contribution in [0.15, 0.2) is 24.3 Å². The maximum Gasteiger partial charge on any atom is 0.120 e. The lowest BCUT2D eigenvalue weighted by atomic mass is 9.73. The second-order valence-corrected chi connectivity index (χ2v) is 6.30. The molecule has 1 aromatic rings. The molecular formula is C18H28O2. The summed E-state index contributed by atoms with van der Waals surface area (Å²) >= 11 is 0. The van der Waals surface area contributed by atoms with Gasteiger partial charge in [-0.25, -0.2) is 0 Å². The topological polar surface area (TPSA) is 29.5 Å². The van der Waals surface area contributed by atoms with Gasteiger partial charge in [-0.3, -0.25) is 0 Å². The van der Waals surface area contributed by atoms with Crippen molar-refractivity contribution in [2.45, 2.75) is 65.1 Å². The molecule has 1 aliphatic rings. The van der Waals surface area contributed by atoms with Gasteiger partial charge in [0.2, 0.25) is 0 Å². The average Bonchev–Trinajstić information content (AvgIpc) is 2.46. The molecule has 2 rings (SSSR count). The molecule has 1 N–H and O–H groups in total. The molecule has 0 amide bonds. The largest absolute Gasteiger partial charge is 0.491 e. The minimum atomic E-state index is -0.351. The molecule has 0 spiro atoms. The fourth-order valence-corrected chi connectivity index (χ4v) is 3.45. The Hall–Kier alpha value is -1.02. The van der Waals surface area contributed by atoms with Crippen LogP contribution in [0.3, 0.4) is 0 Å². The van der Waals surface area contributed by atoms with Gasteiger partial charge in [-0.1, -0.05) is 44.7 Å². The number of benzene rings is 1. The van der Waals surface area contributed by atoms with Gasteiger partial charge in [0.1, 0.15) is 5.75 Å². The molecule has 0 aromatic heterocycles. The molecule has 2 nitrogen and oxygen atoms in total. The molecule has 0 radical (unpaired) electrons.